The zero-order chi connectivity index (χ0) is 14.9. The molecule has 2 rings (SSSR count). The number of rotatable bonds is 8. The van der Waals surface area contributed by atoms with Crippen LogP contribution in [0.3, 0.4) is 0 Å². The van der Waals surface area contributed by atoms with Crippen molar-refractivity contribution in [3.05, 3.63) is 54.1 Å². The maximum absolute atomic E-state index is 5.76. The van der Waals surface area contributed by atoms with Crippen LogP contribution in [0.5, 0.6) is 11.5 Å². The van der Waals surface area contributed by atoms with E-state index in [-0.39, 0.29) is 0 Å². The molecule has 2 aromatic rings. The van der Waals surface area contributed by atoms with E-state index in [4.69, 9.17) is 9.47 Å². The first-order valence-corrected chi connectivity index (χ1v) is 7.94. The number of hydrogen-bond donors (Lipinski definition) is 1. The van der Waals surface area contributed by atoms with Gasteiger partial charge in [0.1, 0.15) is 0 Å². The number of para-hydroxylation sites is 2. The Kier molecular flexibility index (Phi) is 6.44. The molecule has 2 aromatic carbocycles. The molecule has 0 amide bonds. The molecule has 0 heterocycles. The van der Waals surface area contributed by atoms with Crippen LogP contribution in [-0.4, -0.2) is 26.5 Å². The summed E-state index contributed by atoms with van der Waals surface area (Å²) in [6.45, 7) is 1.56. The average Bonchev–Trinajstić information content (AvgIpc) is 2.54. The summed E-state index contributed by atoms with van der Waals surface area (Å²) in [5, 5.41) is 3.15. The monoisotopic (exact) mass is 303 g/mol. The van der Waals surface area contributed by atoms with E-state index in [0.717, 1.165) is 23.8 Å². The Morgan fingerprint density at radius 3 is 2.38 bits per heavy atom. The molecule has 112 valence electrons. The van der Waals surface area contributed by atoms with Crippen LogP contribution in [0.2, 0.25) is 0 Å². The minimum Gasteiger partial charge on any atom is -0.493 e. The lowest BCUT2D eigenvalue weighted by Gasteiger charge is -2.10. The third kappa shape index (κ3) is 4.99. The van der Waals surface area contributed by atoms with E-state index in [9.17, 15) is 0 Å². The van der Waals surface area contributed by atoms with Crippen molar-refractivity contribution in [2.24, 2.45) is 0 Å². The number of thioether (sulfide) groups is 1. The zero-order valence-electron chi connectivity index (χ0n) is 12.5. The van der Waals surface area contributed by atoms with Gasteiger partial charge in [-0.15, -0.1) is 11.8 Å². The first kappa shape index (κ1) is 15.7. The van der Waals surface area contributed by atoms with E-state index < -0.39 is 0 Å². The number of methoxy groups -OCH3 is 1. The van der Waals surface area contributed by atoms with Crippen LogP contribution in [0.25, 0.3) is 0 Å². The second kappa shape index (κ2) is 8.60. The fourth-order valence-corrected chi connectivity index (χ4v) is 2.69. The van der Waals surface area contributed by atoms with Gasteiger partial charge in [-0.3, -0.25) is 0 Å². The van der Waals surface area contributed by atoms with Gasteiger partial charge in [0.2, 0.25) is 0 Å². The van der Waals surface area contributed by atoms with Crippen molar-refractivity contribution in [1.29, 1.82) is 0 Å². The van der Waals surface area contributed by atoms with Gasteiger partial charge in [0.05, 0.1) is 13.7 Å². The van der Waals surface area contributed by atoms with Crippen LogP contribution in [0.15, 0.2) is 53.4 Å². The Labute approximate surface area is 130 Å². The van der Waals surface area contributed by atoms with Crippen molar-refractivity contribution in [3.63, 3.8) is 0 Å². The topological polar surface area (TPSA) is 30.5 Å². The van der Waals surface area contributed by atoms with Crippen molar-refractivity contribution in [2.75, 3.05) is 26.5 Å². The quantitative estimate of drug-likeness (QED) is 0.596. The summed E-state index contributed by atoms with van der Waals surface area (Å²) >= 11 is 1.79. The lowest BCUT2D eigenvalue weighted by atomic mass is 10.2. The Hall–Kier alpha value is -1.65. The summed E-state index contributed by atoms with van der Waals surface area (Å²) in [4.78, 5) is 1.26. The number of hydrogen-bond acceptors (Lipinski definition) is 4. The molecule has 0 unspecified atom stereocenters. The van der Waals surface area contributed by atoms with Gasteiger partial charge in [0.25, 0.3) is 0 Å². The molecule has 0 aromatic heterocycles. The van der Waals surface area contributed by atoms with Gasteiger partial charge >= 0.3 is 0 Å². The van der Waals surface area contributed by atoms with Crippen LogP contribution in [0.4, 0.5) is 0 Å². The second-order valence-corrected chi connectivity index (χ2v) is 5.69. The molecule has 0 saturated heterocycles. The molecule has 0 aliphatic heterocycles. The number of benzene rings is 2. The van der Waals surface area contributed by atoms with Crippen molar-refractivity contribution < 1.29 is 9.47 Å². The third-order valence-electron chi connectivity index (χ3n) is 2.98. The highest BCUT2D eigenvalue weighted by Gasteiger charge is 2.02. The predicted molar refractivity (Wildman–Crippen MR) is 88.4 cm³/mol. The van der Waals surface area contributed by atoms with Gasteiger partial charge in [-0.05, 0) is 36.9 Å². The molecule has 0 spiro atoms. The standard InChI is InChI=1S/C17H21NO2S/c1-18-13-14-7-9-15(10-8-14)21-12-11-20-17-6-4-3-5-16(17)19-2/h3-10,18H,11-13H2,1-2H3. The SMILES string of the molecule is CNCc1ccc(SCCOc2ccccc2OC)cc1. The lowest BCUT2D eigenvalue weighted by Crippen LogP contribution is -2.04. The molecule has 0 atom stereocenters. The number of nitrogens with one attached hydrogen (secondary N) is 1. The molecule has 1 N–H and O–H groups in total. The summed E-state index contributed by atoms with van der Waals surface area (Å²) in [7, 11) is 3.61. The first-order chi connectivity index (χ1) is 10.3. The molecule has 0 bridgehead atoms. The molecule has 4 heteroatoms. The fourth-order valence-electron chi connectivity index (χ4n) is 1.96. The van der Waals surface area contributed by atoms with Crippen LogP contribution in [-0.2, 0) is 6.54 Å². The lowest BCUT2D eigenvalue weighted by molar-refractivity contribution is 0.313. The molecule has 0 fully saturated rings. The predicted octanol–water partition coefficient (Wildman–Crippen LogP) is 3.59. The summed E-state index contributed by atoms with van der Waals surface area (Å²) in [5.74, 6) is 2.48. The maximum Gasteiger partial charge on any atom is 0.161 e. The van der Waals surface area contributed by atoms with Gasteiger partial charge in [-0.2, -0.15) is 0 Å². The van der Waals surface area contributed by atoms with Gasteiger partial charge in [0.15, 0.2) is 11.5 Å². The summed E-state index contributed by atoms with van der Waals surface area (Å²) < 4.78 is 11.0. The average molecular weight is 303 g/mol. The van der Waals surface area contributed by atoms with Crippen molar-refractivity contribution in [1.82, 2.24) is 5.32 Å². The van der Waals surface area contributed by atoms with E-state index in [1.165, 1.54) is 10.5 Å². The Morgan fingerprint density at radius 2 is 1.71 bits per heavy atom. The highest BCUT2D eigenvalue weighted by molar-refractivity contribution is 7.99. The van der Waals surface area contributed by atoms with E-state index in [1.54, 1.807) is 18.9 Å². The highest BCUT2D eigenvalue weighted by atomic mass is 32.2. The summed E-state index contributed by atoms with van der Waals surface area (Å²) in [5.41, 5.74) is 1.30. The Morgan fingerprint density at radius 1 is 1.00 bits per heavy atom. The van der Waals surface area contributed by atoms with Crippen molar-refractivity contribution >= 4 is 11.8 Å². The zero-order valence-corrected chi connectivity index (χ0v) is 13.3. The largest absolute Gasteiger partial charge is 0.493 e. The molecule has 0 aliphatic rings. The van der Waals surface area contributed by atoms with E-state index >= 15 is 0 Å². The molecular weight excluding hydrogens is 282 g/mol. The first-order valence-electron chi connectivity index (χ1n) is 6.95. The maximum atomic E-state index is 5.76. The van der Waals surface area contributed by atoms with Gasteiger partial charge < -0.3 is 14.8 Å². The van der Waals surface area contributed by atoms with Crippen LogP contribution in [0, 0.1) is 0 Å². The van der Waals surface area contributed by atoms with Crippen LogP contribution in [0.1, 0.15) is 5.56 Å². The smallest absolute Gasteiger partial charge is 0.161 e. The van der Waals surface area contributed by atoms with E-state index in [1.807, 2.05) is 31.3 Å². The van der Waals surface area contributed by atoms with Gasteiger partial charge in [0, 0.05) is 17.2 Å². The Balaban J connectivity index is 1.76. The summed E-state index contributed by atoms with van der Waals surface area (Å²) in [6.07, 6.45) is 0. The molecule has 0 saturated carbocycles. The van der Waals surface area contributed by atoms with Crippen molar-refractivity contribution in [3.8, 4) is 11.5 Å². The minimum atomic E-state index is 0.656. The van der Waals surface area contributed by atoms with Gasteiger partial charge in [-0.1, -0.05) is 24.3 Å². The third-order valence-corrected chi connectivity index (χ3v) is 3.96. The molecular formula is C17H21NO2S. The van der Waals surface area contributed by atoms with Crippen LogP contribution >= 0.6 is 11.8 Å². The summed E-state index contributed by atoms with van der Waals surface area (Å²) in [6, 6.07) is 16.3. The number of ether oxygens (including phenoxy) is 2. The molecule has 0 aliphatic carbocycles. The fraction of sp³-hybridized carbons (Fsp3) is 0.294. The Bertz CT molecular complexity index is 543. The van der Waals surface area contributed by atoms with Gasteiger partial charge in [-0.25, -0.2) is 0 Å². The van der Waals surface area contributed by atoms with E-state index in [0.29, 0.717) is 6.61 Å². The molecule has 0 radical (unpaired) electrons. The minimum absolute atomic E-state index is 0.656. The van der Waals surface area contributed by atoms with E-state index in [2.05, 4.69) is 29.6 Å². The molecule has 3 nitrogen and oxygen atoms in total. The molecule has 21 heavy (non-hydrogen) atoms. The van der Waals surface area contributed by atoms with Crippen molar-refractivity contribution in [2.45, 2.75) is 11.4 Å². The highest BCUT2D eigenvalue weighted by Crippen LogP contribution is 2.26. The second-order valence-electron chi connectivity index (χ2n) is 4.52. The van der Waals surface area contributed by atoms with Crippen LogP contribution < -0.4 is 14.8 Å². The normalized spacial score (nSPS) is 10.4.